The molecule has 0 saturated carbocycles. The highest BCUT2D eigenvalue weighted by molar-refractivity contribution is 5.91. The van der Waals surface area contributed by atoms with Crippen molar-refractivity contribution in [2.45, 2.75) is 39.4 Å². The molecule has 1 aromatic heterocycles. The number of aromatic nitrogens is 2. The van der Waals surface area contributed by atoms with E-state index >= 15 is 0 Å². The highest BCUT2D eigenvalue weighted by atomic mass is 16.2. The molecular formula is C18H24N4O. The number of carbonyl (C=O) groups is 1. The van der Waals surface area contributed by atoms with Crippen molar-refractivity contribution in [3.8, 4) is 0 Å². The molecular weight excluding hydrogens is 288 g/mol. The molecule has 0 spiro atoms. The molecule has 2 aromatic rings. The molecule has 1 aliphatic rings. The summed E-state index contributed by atoms with van der Waals surface area (Å²) in [7, 11) is 1.94. The summed E-state index contributed by atoms with van der Waals surface area (Å²) in [6.07, 6.45) is 0.947. The highest BCUT2D eigenvalue weighted by Gasteiger charge is 2.26. The second kappa shape index (κ2) is 6.54. The summed E-state index contributed by atoms with van der Waals surface area (Å²) < 4.78 is 1.95. The standard InChI is InChI=1S/C18H24N4O/c1-13(2)22-10-9-16-15(12-22)20-17(21(16)3)18(23)19-11-14-7-5-4-6-8-14/h4-8,13H,9-12H2,1-3H3,(H,19,23). The monoisotopic (exact) mass is 312 g/mol. The second-order valence-corrected chi connectivity index (χ2v) is 6.37. The van der Waals surface area contributed by atoms with Gasteiger partial charge in [-0.05, 0) is 19.4 Å². The zero-order valence-electron chi connectivity index (χ0n) is 14.0. The van der Waals surface area contributed by atoms with E-state index in [4.69, 9.17) is 0 Å². The number of hydrogen-bond donors (Lipinski definition) is 1. The Morgan fingerprint density at radius 3 is 2.74 bits per heavy atom. The fourth-order valence-corrected chi connectivity index (χ4v) is 3.05. The third-order valence-corrected chi connectivity index (χ3v) is 4.51. The van der Waals surface area contributed by atoms with Gasteiger partial charge in [-0.2, -0.15) is 0 Å². The van der Waals surface area contributed by atoms with Crippen molar-refractivity contribution in [3.05, 3.63) is 53.1 Å². The molecule has 122 valence electrons. The van der Waals surface area contributed by atoms with Crippen LogP contribution in [-0.4, -0.2) is 32.9 Å². The van der Waals surface area contributed by atoms with Gasteiger partial charge in [0, 0.05) is 44.8 Å². The van der Waals surface area contributed by atoms with Crippen LogP contribution >= 0.6 is 0 Å². The number of benzene rings is 1. The van der Waals surface area contributed by atoms with Gasteiger partial charge in [0.05, 0.1) is 5.69 Å². The molecule has 0 aliphatic carbocycles. The van der Waals surface area contributed by atoms with E-state index in [9.17, 15) is 4.79 Å². The molecule has 5 nitrogen and oxygen atoms in total. The zero-order chi connectivity index (χ0) is 16.4. The van der Waals surface area contributed by atoms with Crippen LogP contribution < -0.4 is 5.32 Å². The van der Waals surface area contributed by atoms with Crippen molar-refractivity contribution in [1.29, 1.82) is 0 Å². The molecule has 1 aliphatic heterocycles. The minimum Gasteiger partial charge on any atom is -0.345 e. The summed E-state index contributed by atoms with van der Waals surface area (Å²) in [5.41, 5.74) is 3.31. The first-order valence-electron chi connectivity index (χ1n) is 8.17. The van der Waals surface area contributed by atoms with Gasteiger partial charge >= 0.3 is 0 Å². The number of nitrogens with one attached hydrogen (secondary N) is 1. The third kappa shape index (κ3) is 3.29. The SMILES string of the molecule is CC(C)N1CCc2c(nc(C(=O)NCc3ccccc3)n2C)C1. The third-order valence-electron chi connectivity index (χ3n) is 4.51. The van der Waals surface area contributed by atoms with Crippen LogP contribution in [0.25, 0.3) is 0 Å². The van der Waals surface area contributed by atoms with Crippen LogP contribution in [0.15, 0.2) is 30.3 Å². The number of imidazole rings is 1. The summed E-state index contributed by atoms with van der Waals surface area (Å²) >= 11 is 0. The summed E-state index contributed by atoms with van der Waals surface area (Å²) in [6, 6.07) is 10.4. The number of hydrogen-bond acceptors (Lipinski definition) is 3. The Labute approximate surface area is 137 Å². The van der Waals surface area contributed by atoms with Crippen molar-refractivity contribution in [3.63, 3.8) is 0 Å². The van der Waals surface area contributed by atoms with Crippen LogP contribution in [0.5, 0.6) is 0 Å². The van der Waals surface area contributed by atoms with E-state index in [1.165, 1.54) is 5.69 Å². The maximum Gasteiger partial charge on any atom is 0.287 e. The molecule has 0 bridgehead atoms. The Balaban J connectivity index is 1.72. The molecule has 0 fully saturated rings. The Kier molecular flexibility index (Phi) is 4.48. The largest absolute Gasteiger partial charge is 0.345 e. The predicted octanol–water partition coefficient (Wildman–Crippen LogP) is 2.12. The molecule has 1 amide bonds. The minimum absolute atomic E-state index is 0.109. The summed E-state index contributed by atoms with van der Waals surface area (Å²) in [6.45, 7) is 6.76. The van der Waals surface area contributed by atoms with Crippen LogP contribution in [0.1, 0.15) is 41.4 Å². The fourth-order valence-electron chi connectivity index (χ4n) is 3.05. The van der Waals surface area contributed by atoms with Crippen molar-refractivity contribution in [2.75, 3.05) is 6.54 Å². The molecule has 5 heteroatoms. The molecule has 0 saturated heterocycles. The van der Waals surface area contributed by atoms with Crippen LogP contribution in [-0.2, 0) is 26.6 Å². The highest BCUT2D eigenvalue weighted by Crippen LogP contribution is 2.20. The van der Waals surface area contributed by atoms with Gasteiger partial charge in [0.15, 0.2) is 5.82 Å². The Hall–Kier alpha value is -2.14. The number of fused-ring (bicyclic) bond motifs is 1. The molecule has 23 heavy (non-hydrogen) atoms. The molecule has 1 N–H and O–H groups in total. The van der Waals surface area contributed by atoms with E-state index < -0.39 is 0 Å². The van der Waals surface area contributed by atoms with E-state index in [1.807, 2.05) is 41.9 Å². The van der Waals surface area contributed by atoms with Crippen LogP contribution in [0.3, 0.4) is 0 Å². The molecule has 1 aromatic carbocycles. The molecule has 2 heterocycles. The van der Waals surface area contributed by atoms with Gasteiger partial charge in [0.25, 0.3) is 5.91 Å². The first-order chi connectivity index (χ1) is 11.1. The van der Waals surface area contributed by atoms with Gasteiger partial charge in [-0.3, -0.25) is 9.69 Å². The lowest BCUT2D eigenvalue weighted by Crippen LogP contribution is -2.36. The van der Waals surface area contributed by atoms with Crippen LogP contribution in [0.4, 0.5) is 0 Å². The average molecular weight is 312 g/mol. The maximum absolute atomic E-state index is 12.5. The van der Waals surface area contributed by atoms with Gasteiger partial charge in [-0.15, -0.1) is 0 Å². The zero-order valence-corrected chi connectivity index (χ0v) is 14.0. The van der Waals surface area contributed by atoms with E-state index in [-0.39, 0.29) is 5.91 Å². The fraction of sp³-hybridized carbons (Fsp3) is 0.444. The van der Waals surface area contributed by atoms with Crippen LogP contribution in [0, 0.1) is 0 Å². The van der Waals surface area contributed by atoms with E-state index in [0.29, 0.717) is 18.4 Å². The lowest BCUT2D eigenvalue weighted by atomic mass is 10.1. The predicted molar refractivity (Wildman–Crippen MR) is 90.1 cm³/mol. The number of amides is 1. The molecule has 0 atom stereocenters. The quantitative estimate of drug-likeness (QED) is 0.941. The maximum atomic E-state index is 12.5. The topological polar surface area (TPSA) is 50.2 Å². The lowest BCUT2D eigenvalue weighted by molar-refractivity contribution is 0.0937. The lowest BCUT2D eigenvalue weighted by Gasteiger charge is -2.29. The Morgan fingerprint density at radius 2 is 2.04 bits per heavy atom. The van der Waals surface area contributed by atoms with Crippen molar-refractivity contribution < 1.29 is 4.79 Å². The Bertz CT molecular complexity index is 691. The van der Waals surface area contributed by atoms with Crippen molar-refractivity contribution >= 4 is 5.91 Å². The smallest absolute Gasteiger partial charge is 0.287 e. The van der Waals surface area contributed by atoms with Gasteiger partial charge < -0.3 is 9.88 Å². The van der Waals surface area contributed by atoms with Crippen molar-refractivity contribution in [1.82, 2.24) is 19.8 Å². The van der Waals surface area contributed by atoms with E-state index in [1.54, 1.807) is 0 Å². The average Bonchev–Trinajstić information content (AvgIpc) is 2.90. The number of rotatable bonds is 4. The summed E-state index contributed by atoms with van der Waals surface area (Å²) in [5.74, 6) is 0.401. The molecule has 0 radical (unpaired) electrons. The van der Waals surface area contributed by atoms with Crippen LogP contribution in [0.2, 0.25) is 0 Å². The second-order valence-electron chi connectivity index (χ2n) is 6.37. The van der Waals surface area contributed by atoms with E-state index in [0.717, 1.165) is 30.8 Å². The first kappa shape index (κ1) is 15.7. The number of carbonyl (C=O) groups excluding carboxylic acids is 1. The van der Waals surface area contributed by atoms with Crippen molar-refractivity contribution in [2.24, 2.45) is 7.05 Å². The van der Waals surface area contributed by atoms with E-state index in [2.05, 4.69) is 29.0 Å². The molecule has 0 unspecified atom stereocenters. The molecule has 3 rings (SSSR count). The van der Waals surface area contributed by atoms with Gasteiger partial charge in [-0.25, -0.2) is 4.98 Å². The normalized spacial score (nSPS) is 14.8. The summed E-state index contributed by atoms with van der Waals surface area (Å²) in [4.78, 5) is 19.5. The van der Waals surface area contributed by atoms with Gasteiger partial charge in [0.2, 0.25) is 0 Å². The first-order valence-corrected chi connectivity index (χ1v) is 8.17. The van der Waals surface area contributed by atoms with Gasteiger partial charge in [0.1, 0.15) is 0 Å². The summed E-state index contributed by atoms with van der Waals surface area (Å²) in [5, 5.41) is 2.96. The van der Waals surface area contributed by atoms with Gasteiger partial charge in [-0.1, -0.05) is 30.3 Å². The Morgan fingerprint density at radius 1 is 1.30 bits per heavy atom. The number of nitrogens with zero attached hydrogens (tertiary/aromatic N) is 3. The minimum atomic E-state index is -0.109.